The third-order valence-electron chi connectivity index (χ3n) is 3.92. The van der Waals surface area contributed by atoms with Gasteiger partial charge in [0, 0.05) is 24.9 Å². The number of halogens is 1. The van der Waals surface area contributed by atoms with Crippen LogP contribution in [0.5, 0.6) is 0 Å². The highest BCUT2D eigenvalue weighted by molar-refractivity contribution is 7.91. The minimum absolute atomic E-state index is 0.0588. The van der Waals surface area contributed by atoms with Crippen molar-refractivity contribution in [3.8, 4) is 5.69 Å². The fourth-order valence-corrected chi connectivity index (χ4v) is 4.31. The number of pyridine rings is 1. The molecule has 0 saturated heterocycles. The Bertz CT molecular complexity index is 1130. The predicted molar refractivity (Wildman–Crippen MR) is 103 cm³/mol. The lowest BCUT2D eigenvalue weighted by molar-refractivity contribution is 0.194. The number of benzene rings is 1. The molecule has 8 nitrogen and oxygen atoms in total. The van der Waals surface area contributed by atoms with Crippen molar-refractivity contribution < 1.29 is 18.3 Å². The minimum Gasteiger partial charge on any atom is -0.465 e. The molecule has 10 heteroatoms. The van der Waals surface area contributed by atoms with Gasteiger partial charge in [-0.25, -0.2) is 17.9 Å². The minimum atomic E-state index is -3.91. The molecule has 146 valence electrons. The number of aromatic nitrogens is 3. The first kappa shape index (κ1) is 19.8. The molecule has 0 fully saturated rings. The van der Waals surface area contributed by atoms with Crippen molar-refractivity contribution in [2.24, 2.45) is 0 Å². The lowest BCUT2D eigenvalue weighted by atomic mass is 10.3. The van der Waals surface area contributed by atoms with Gasteiger partial charge < -0.3 is 10.4 Å². The molecule has 0 atom stereocenters. The SMILES string of the molecule is Cc1cc(S(=O)(=O)c2cc(CCNC(=O)O)nn2-c2ccccc2Cl)ccn1. The maximum absolute atomic E-state index is 13.2. The van der Waals surface area contributed by atoms with Crippen molar-refractivity contribution in [1.82, 2.24) is 20.1 Å². The van der Waals surface area contributed by atoms with Crippen molar-refractivity contribution >= 4 is 27.5 Å². The predicted octanol–water partition coefficient (Wildman–Crippen LogP) is 2.87. The Kier molecular flexibility index (Phi) is 5.66. The number of nitrogens with one attached hydrogen (secondary N) is 1. The van der Waals surface area contributed by atoms with E-state index in [9.17, 15) is 13.2 Å². The Hall–Kier alpha value is -2.91. The molecule has 0 spiro atoms. The van der Waals surface area contributed by atoms with E-state index in [0.717, 1.165) is 0 Å². The summed E-state index contributed by atoms with van der Waals surface area (Å²) in [6.07, 6.45) is 0.489. The van der Waals surface area contributed by atoms with E-state index in [1.54, 1.807) is 31.2 Å². The van der Waals surface area contributed by atoms with Gasteiger partial charge in [-0.1, -0.05) is 23.7 Å². The van der Waals surface area contributed by atoms with Gasteiger partial charge in [0.05, 0.1) is 21.3 Å². The monoisotopic (exact) mass is 420 g/mol. The standard InChI is InChI=1S/C18H17ClN4O4S/c1-12-10-14(7-9-20-12)28(26,27)17-11-13(6-8-21-18(24)25)22-23(17)16-5-3-2-4-15(16)19/h2-5,7,9-11,21H,6,8H2,1H3,(H,24,25). The first-order valence-electron chi connectivity index (χ1n) is 8.27. The van der Waals surface area contributed by atoms with E-state index in [4.69, 9.17) is 16.7 Å². The molecule has 3 rings (SSSR count). The number of hydrogen-bond donors (Lipinski definition) is 2. The summed E-state index contributed by atoms with van der Waals surface area (Å²) in [6.45, 7) is 1.80. The summed E-state index contributed by atoms with van der Waals surface area (Å²) in [6, 6.07) is 11.1. The normalized spacial score (nSPS) is 11.4. The highest BCUT2D eigenvalue weighted by Gasteiger charge is 2.26. The second-order valence-electron chi connectivity index (χ2n) is 5.96. The van der Waals surface area contributed by atoms with Gasteiger partial charge in [0.15, 0.2) is 5.03 Å². The van der Waals surface area contributed by atoms with Crippen LogP contribution in [0.3, 0.4) is 0 Å². The second kappa shape index (κ2) is 7.99. The summed E-state index contributed by atoms with van der Waals surface area (Å²) in [5.41, 5.74) is 1.39. The lowest BCUT2D eigenvalue weighted by Crippen LogP contribution is -2.23. The van der Waals surface area contributed by atoms with Gasteiger partial charge in [-0.05, 0) is 37.3 Å². The summed E-state index contributed by atoms with van der Waals surface area (Å²) < 4.78 is 27.8. The molecule has 2 N–H and O–H groups in total. The summed E-state index contributed by atoms with van der Waals surface area (Å²) in [4.78, 5) is 14.8. The number of amides is 1. The molecule has 3 aromatic rings. The second-order valence-corrected chi connectivity index (χ2v) is 8.26. The third kappa shape index (κ3) is 4.15. The molecule has 0 unspecified atom stereocenters. The summed E-state index contributed by atoms with van der Waals surface area (Å²) >= 11 is 6.25. The van der Waals surface area contributed by atoms with Crippen molar-refractivity contribution in [1.29, 1.82) is 0 Å². The molecule has 0 aliphatic heterocycles. The number of aryl methyl sites for hydroxylation is 1. The highest BCUT2D eigenvalue weighted by atomic mass is 35.5. The number of sulfone groups is 1. The zero-order valence-electron chi connectivity index (χ0n) is 14.8. The van der Waals surface area contributed by atoms with E-state index >= 15 is 0 Å². The maximum atomic E-state index is 13.2. The van der Waals surface area contributed by atoms with Gasteiger partial charge in [0.1, 0.15) is 0 Å². The molecule has 1 aromatic carbocycles. The van der Waals surface area contributed by atoms with Crippen molar-refractivity contribution in [2.75, 3.05) is 6.54 Å². The van der Waals surface area contributed by atoms with E-state index in [-0.39, 0.29) is 22.9 Å². The van der Waals surface area contributed by atoms with Crippen LogP contribution >= 0.6 is 11.6 Å². The Morgan fingerprint density at radius 3 is 2.68 bits per heavy atom. The largest absolute Gasteiger partial charge is 0.465 e. The molecule has 0 aliphatic carbocycles. The molecule has 2 heterocycles. The number of hydrogen-bond acceptors (Lipinski definition) is 5. The number of nitrogens with zero attached hydrogens (tertiary/aromatic N) is 3. The smallest absolute Gasteiger partial charge is 0.404 e. The molecule has 1 amide bonds. The molecule has 28 heavy (non-hydrogen) atoms. The number of para-hydroxylation sites is 1. The van der Waals surface area contributed by atoms with Gasteiger partial charge in [-0.3, -0.25) is 4.98 Å². The third-order valence-corrected chi connectivity index (χ3v) is 5.95. The van der Waals surface area contributed by atoms with Crippen LogP contribution in [0.1, 0.15) is 11.4 Å². The molecule has 0 saturated carbocycles. The van der Waals surface area contributed by atoms with E-state index in [0.29, 0.717) is 22.1 Å². The molecular formula is C18H17ClN4O4S. The quantitative estimate of drug-likeness (QED) is 0.633. The van der Waals surface area contributed by atoms with Gasteiger partial charge in [0.2, 0.25) is 9.84 Å². The average Bonchev–Trinajstić information content (AvgIpc) is 3.06. The fourth-order valence-electron chi connectivity index (χ4n) is 2.62. The molecule has 0 radical (unpaired) electrons. The number of rotatable bonds is 6. The zero-order valence-corrected chi connectivity index (χ0v) is 16.4. The van der Waals surface area contributed by atoms with E-state index < -0.39 is 15.9 Å². The first-order valence-corrected chi connectivity index (χ1v) is 10.1. The molecular weight excluding hydrogens is 404 g/mol. The molecule has 2 aromatic heterocycles. The maximum Gasteiger partial charge on any atom is 0.404 e. The van der Waals surface area contributed by atoms with Crippen molar-refractivity contribution in [2.45, 2.75) is 23.3 Å². The molecule has 0 aliphatic rings. The van der Waals surface area contributed by atoms with Crippen LogP contribution in [0.2, 0.25) is 5.02 Å². The van der Waals surface area contributed by atoms with Crippen LogP contribution in [0.4, 0.5) is 4.79 Å². The van der Waals surface area contributed by atoms with E-state index in [1.807, 2.05) is 0 Å². The van der Waals surface area contributed by atoms with Gasteiger partial charge in [-0.2, -0.15) is 5.10 Å². The summed E-state index contributed by atoms with van der Waals surface area (Å²) in [7, 11) is -3.91. The van der Waals surface area contributed by atoms with Gasteiger partial charge in [0.25, 0.3) is 0 Å². The Balaban J connectivity index is 2.11. The lowest BCUT2D eigenvalue weighted by Gasteiger charge is -2.10. The van der Waals surface area contributed by atoms with Gasteiger partial charge >= 0.3 is 6.09 Å². The number of carboxylic acid groups (broad SMARTS) is 1. The van der Waals surface area contributed by atoms with Crippen LogP contribution in [0.25, 0.3) is 5.69 Å². The van der Waals surface area contributed by atoms with E-state index in [2.05, 4.69) is 15.4 Å². The number of carbonyl (C=O) groups is 1. The highest BCUT2D eigenvalue weighted by Crippen LogP contribution is 2.28. The zero-order chi connectivity index (χ0) is 20.3. The van der Waals surface area contributed by atoms with Crippen LogP contribution in [-0.2, 0) is 16.3 Å². The van der Waals surface area contributed by atoms with Crippen LogP contribution in [0, 0.1) is 6.92 Å². The fraction of sp³-hybridized carbons (Fsp3) is 0.167. The average molecular weight is 421 g/mol. The first-order chi connectivity index (χ1) is 13.3. The Morgan fingerprint density at radius 2 is 2.00 bits per heavy atom. The van der Waals surface area contributed by atoms with Crippen LogP contribution in [-0.4, -0.2) is 40.9 Å². The summed E-state index contributed by atoms with van der Waals surface area (Å²) in [5.74, 6) is 0. The van der Waals surface area contributed by atoms with Crippen molar-refractivity contribution in [3.63, 3.8) is 0 Å². The topological polar surface area (TPSA) is 114 Å². The van der Waals surface area contributed by atoms with Crippen LogP contribution in [0.15, 0.2) is 58.6 Å². The Labute approximate surface area is 166 Å². The van der Waals surface area contributed by atoms with Crippen molar-refractivity contribution in [3.05, 3.63) is 65.1 Å². The van der Waals surface area contributed by atoms with E-state index in [1.165, 1.54) is 29.1 Å². The van der Waals surface area contributed by atoms with Gasteiger partial charge in [-0.15, -0.1) is 0 Å². The molecule has 0 bridgehead atoms. The van der Waals surface area contributed by atoms with Crippen LogP contribution < -0.4 is 5.32 Å². The Morgan fingerprint density at radius 1 is 1.25 bits per heavy atom. The summed E-state index contributed by atoms with van der Waals surface area (Å²) in [5, 5.41) is 15.6.